The quantitative estimate of drug-likeness (QED) is 0.551. The smallest absolute Gasteiger partial charge is 0.294 e. The summed E-state index contributed by atoms with van der Waals surface area (Å²) < 4.78 is 29.6. The van der Waals surface area contributed by atoms with Crippen LogP contribution in [0.2, 0.25) is 0 Å². The lowest BCUT2D eigenvalue weighted by Crippen LogP contribution is -2.45. The van der Waals surface area contributed by atoms with Crippen molar-refractivity contribution in [2.75, 3.05) is 13.1 Å². The third-order valence-electron chi connectivity index (χ3n) is 6.83. The number of likely N-dealkylation sites (tertiary alicyclic amines) is 1. The van der Waals surface area contributed by atoms with Gasteiger partial charge >= 0.3 is 0 Å². The van der Waals surface area contributed by atoms with Crippen molar-refractivity contribution in [3.8, 4) is 11.8 Å². The van der Waals surface area contributed by atoms with Gasteiger partial charge in [-0.1, -0.05) is 23.8 Å². The second-order valence-electron chi connectivity index (χ2n) is 9.40. The molecule has 2 aromatic rings. The van der Waals surface area contributed by atoms with Crippen LogP contribution in [0.5, 0.6) is 5.75 Å². The molecule has 2 aliphatic heterocycles. The summed E-state index contributed by atoms with van der Waals surface area (Å²) in [6, 6.07) is 9.73. The first kappa shape index (κ1) is 26.7. The van der Waals surface area contributed by atoms with E-state index in [1.54, 1.807) is 17.0 Å². The van der Waals surface area contributed by atoms with Gasteiger partial charge in [0.2, 0.25) is 5.91 Å². The van der Waals surface area contributed by atoms with Crippen molar-refractivity contribution in [2.45, 2.75) is 69.9 Å². The highest BCUT2D eigenvalue weighted by Crippen LogP contribution is 2.37. The van der Waals surface area contributed by atoms with E-state index in [1.807, 2.05) is 26.8 Å². The Morgan fingerprint density at radius 1 is 1.14 bits per heavy atom. The summed E-state index contributed by atoms with van der Waals surface area (Å²) in [7, 11) is -4.02. The summed E-state index contributed by atoms with van der Waals surface area (Å²) in [6.45, 7) is 9.18. The molecule has 3 N–H and O–H groups in total. The molecule has 2 aromatic carbocycles. The second kappa shape index (κ2) is 10.8. The van der Waals surface area contributed by atoms with E-state index >= 15 is 0 Å². The van der Waals surface area contributed by atoms with Crippen LogP contribution >= 0.6 is 0 Å². The highest BCUT2D eigenvalue weighted by molar-refractivity contribution is 7.85. The summed E-state index contributed by atoms with van der Waals surface area (Å²) in [5, 5.41) is 22.8. The molecule has 0 saturated carbocycles. The minimum Gasteiger partial charge on any atom is -0.507 e. The second-order valence-corrected chi connectivity index (χ2v) is 10.8. The Morgan fingerprint density at radius 2 is 1.80 bits per heavy atom. The van der Waals surface area contributed by atoms with Crippen LogP contribution in [0.4, 0.5) is 0 Å². The molecule has 8 nitrogen and oxygen atoms in total. The maximum absolute atomic E-state index is 12.7. The Labute approximate surface area is 207 Å². The minimum absolute atomic E-state index is 0.0492. The van der Waals surface area contributed by atoms with Gasteiger partial charge < -0.3 is 15.3 Å². The van der Waals surface area contributed by atoms with E-state index in [-0.39, 0.29) is 28.8 Å². The number of amides is 1. The van der Waals surface area contributed by atoms with Crippen LogP contribution in [0, 0.1) is 39.0 Å². The number of nitrogens with one attached hydrogen (secondary N) is 1. The van der Waals surface area contributed by atoms with Gasteiger partial charge in [-0.2, -0.15) is 13.7 Å². The zero-order chi connectivity index (χ0) is 25.9. The van der Waals surface area contributed by atoms with Crippen molar-refractivity contribution >= 4 is 16.0 Å². The van der Waals surface area contributed by atoms with Gasteiger partial charge in [-0.3, -0.25) is 9.35 Å². The number of rotatable bonds is 3. The van der Waals surface area contributed by atoms with Crippen molar-refractivity contribution in [3.63, 3.8) is 0 Å². The van der Waals surface area contributed by atoms with Gasteiger partial charge in [0.1, 0.15) is 11.8 Å². The molecule has 9 heteroatoms. The molecule has 2 saturated heterocycles. The van der Waals surface area contributed by atoms with Crippen molar-refractivity contribution in [1.29, 1.82) is 5.26 Å². The Hall–Kier alpha value is -2.93. The molecule has 2 aliphatic rings. The van der Waals surface area contributed by atoms with Gasteiger partial charge in [0.25, 0.3) is 10.1 Å². The standard InChI is InChI=1S/C19H25N3O2.C7H8O3S/c1-11-7-12(2)18(23)13(3)17(11)14-8-16(21-10-14)19(24)22-6-4-5-15(22)9-20;1-6-2-4-7(5-3-6)11(8,9)10/h7,14-16,21,23H,4-6,8,10H2,1-3H3;2-5H,1H3,(H,8,9,10)/t14-,15-,16-;/m0./s1. The predicted octanol–water partition coefficient (Wildman–Crippen LogP) is 3.52. The van der Waals surface area contributed by atoms with Gasteiger partial charge in [-0.05, 0) is 87.3 Å². The molecular formula is C26H33N3O5S. The Bertz CT molecular complexity index is 1240. The normalized spacial score (nSPS) is 21.8. The fraction of sp³-hybridized carbons (Fsp3) is 0.462. The third kappa shape index (κ3) is 6.01. The maximum Gasteiger partial charge on any atom is 0.294 e. The predicted molar refractivity (Wildman–Crippen MR) is 133 cm³/mol. The van der Waals surface area contributed by atoms with Gasteiger partial charge in [0.05, 0.1) is 17.0 Å². The van der Waals surface area contributed by atoms with Crippen LogP contribution in [-0.4, -0.2) is 54.1 Å². The van der Waals surface area contributed by atoms with Gasteiger partial charge in [0, 0.05) is 13.1 Å². The number of carbonyl (C=O) groups excluding carboxylic acids is 1. The molecule has 2 fully saturated rings. The largest absolute Gasteiger partial charge is 0.507 e. The van der Waals surface area contributed by atoms with E-state index in [0.29, 0.717) is 12.3 Å². The first-order valence-electron chi connectivity index (χ1n) is 11.7. The highest BCUT2D eigenvalue weighted by Gasteiger charge is 2.38. The van der Waals surface area contributed by atoms with Crippen LogP contribution in [0.3, 0.4) is 0 Å². The molecule has 0 radical (unpaired) electrons. The number of aromatic hydroxyl groups is 1. The fourth-order valence-corrected chi connectivity index (χ4v) is 5.52. The van der Waals surface area contributed by atoms with E-state index in [1.165, 1.54) is 17.7 Å². The molecule has 2 heterocycles. The number of carbonyl (C=O) groups is 1. The molecule has 0 unspecified atom stereocenters. The molecule has 0 bridgehead atoms. The van der Waals surface area contributed by atoms with E-state index in [2.05, 4.69) is 18.3 Å². The third-order valence-corrected chi connectivity index (χ3v) is 7.70. The molecule has 1 amide bonds. The number of benzene rings is 2. The van der Waals surface area contributed by atoms with Crippen molar-refractivity contribution in [2.24, 2.45) is 0 Å². The van der Waals surface area contributed by atoms with Crippen molar-refractivity contribution < 1.29 is 22.9 Å². The van der Waals surface area contributed by atoms with Crippen LogP contribution in [-0.2, 0) is 14.9 Å². The lowest BCUT2D eigenvalue weighted by atomic mass is 9.87. The topological polar surface area (TPSA) is 131 Å². The number of phenolic OH excluding ortho intramolecular Hbond substituents is 1. The number of aryl methyl sites for hydroxylation is 3. The molecule has 4 rings (SSSR count). The SMILES string of the molecule is Cc1cc(C)c([C@@H]2CN[C@H](C(=O)N3CCC[C@H]3C#N)C2)c(C)c1O.Cc1ccc(S(=O)(=O)O)cc1. The Balaban J connectivity index is 0.000000261. The summed E-state index contributed by atoms with van der Waals surface area (Å²) in [4.78, 5) is 14.4. The molecular weight excluding hydrogens is 466 g/mol. The van der Waals surface area contributed by atoms with E-state index in [9.17, 15) is 23.6 Å². The van der Waals surface area contributed by atoms with Crippen LogP contribution in [0.25, 0.3) is 0 Å². The lowest BCUT2D eigenvalue weighted by molar-refractivity contribution is -0.133. The highest BCUT2D eigenvalue weighted by atomic mass is 32.2. The summed E-state index contributed by atoms with van der Waals surface area (Å²) >= 11 is 0. The number of hydrogen-bond acceptors (Lipinski definition) is 6. The average Bonchev–Trinajstić information content (AvgIpc) is 3.47. The number of nitrogens with zero attached hydrogens (tertiary/aromatic N) is 2. The van der Waals surface area contributed by atoms with E-state index < -0.39 is 10.1 Å². The van der Waals surface area contributed by atoms with Gasteiger partial charge in [0.15, 0.2) is 0 Å². The van der Waals surface area contributed by atoms with Crippen LogP contribution in [0.1, 0.15) is 53.0 Å². The van der Waals surface area contributed by atoms with Crippen LogP contribution in [0.15, 0.2) is 35.2 Å². The fourth-order valence-electron chi connectivity index (χ4n) is 5.04. The molecule has 3 atom stereocenters. The summed E-state index contributed by atoms with van der Waals surface area (Å²) in [5.74, 6) is 0.622. The summed E-state index contributed by atoms with van der Waals surface area (Å²) in [5.41, 5.74) is 5.08. The number of hydrogen-bond donors (Lipinski definition) is 3. The van der Waals surface area contributed by atoms with Crippen LogP contribution < -0.4 is 5.32 Å². The van der Waals surface area contributed by atoms with Crippen molar-refractivity contribution in [1.82, 2.24) is 10.2 Å². The Morgan fingerprint density at radius 3 is 2.40 bits per heavy atom. The first-order chi connectivity index (χ1) is 16.4. The molecule has 0 spiro atoms. The van der Waals surface area contributed by atoms with E-state index in [4.69, 9.17) is 4.55 Å². The molecule has 35 heavy (non-hydrogen) atoms. The average molecular weight is 500 g/mol. The van der Waals surface area contributed by atoms with Crippen molar-refractivity contribution in [3.05, 3.63) is 58.1 Å². The number of phenols is 1. The molecule has 188 valence electrons. The van der Waals surface area contributed by atoms with Gasteiger partial charge in [-0.15, -0.1) is 0 Å². The number of nitriles is 1. The van der Waals surface area contributed by atoms with Gasteiger partial charge in [-0.25, -0.2) is 0 Å². The Kier molecular flexibility index (Phi) is 8.21. The molecule has 0 aliphatic carbocycles. The zero-order valence-electron chi connectivity index (χ0n) is 20.6. The monoisotopic (exact) mass is 499 g/mol. The lowest BCUT2D eigenvalue weighted by Gasteiger charge is -2.23. The first-order valence-corrected chi connectivity index (χ1v) is 13.1. The summed E-state index contributed by atoms with van der Waals surface area (Å²) in [6.07, 6.45) is 2.41. The van der Waals surface area contributed by atoms with E-state index in [0.717, 1.165) is 48.1 Å². The maximum atomic E-state index is 12.7. The minimum atomic E-state index is -4.02. The molecule has 0 aromatic heterocycles. The zero-order valence-corrected chi connectivity index (χ0v) is 21.4.